The standard InChI is InChI=1S/C23H27ClFN3O3S/c24-21-16-19(6-9-22(21)27-12-2-1-3-13-27)26-23(29)17-10-14-28(15-11-17)32(30,31)20-7-4-18(25)5-8-20/h4-9,16-17H,1-3,10-15H2,(H,26,29). The van der Waals surface area contributed by atoms with Crippen LogP contribution in [0.1, 0.15) is 32.1 Å². The van der Waals surface area contributed by atoms with Gasteiger partial charge in [0.1, 0.15) is 5.82 Å². The Balaban J connectivity index is 1.34. The van der Waals surface area contributed by atoms with Crippen LogP contribution in [0.25, 0.3) is 0 Å². The molecule has 0 saturated carbocycles. The summed E-state index contributed by atoms with van der Waals surface area (Å²) in [7, 11) is -3.70. The van der Waals surface area contributed by atoms with Crippen molar-refractivity contribution in [3.05, 3.63) is 53.3 Å². The summed E-state index contributed by atoms with van der Waals surface area (Å²) in [6, 6.07) is 10.4. The summed E-state index contributed by atoms with van der Waals surface area (Å²) in [6.07, 6.45) is 4.40. The van der Waals surface area contributed by atoms with Crippen LogP contribution in [0.15, 0.2) is 47.4 Å². The largest absolute Gasteiger partial charge is 0.370 e. The Morgan fingerprint density at radius 2 is 1.62 bits per heavy atom. The first-order valence-corrected chi connectivity index (χ1v) is 12.8. The Morgan fingerprint density at radius 1 is 0.969 bits per heavy atom. The van der Waals surface area contributed by atoms with Crippen LogP contribution in [-0.4, -0.2) is 44.8 Å². The van der Waals surface area contributed by atoms with Gasteiger partial charge in [0.2, 0.25) is 15.9 Å². The number of hydrogen-bond donors (Lipinski definition) is 1. The molecule has 32 heavy (non-hydrogen) atoms. The van der Waals surface area contributed by atoms with Crippen LogP contribution in [0.5, 0.6) is 0 Å². The SMILES string of the molecule is O=C(Nc1ccc(N2CCCCC2)c(Cl)c1)C1CCN(S(=O)(=O)c2ccc(F)cc2)CC1. The van der Waals surface area contributed by atoms with E-state index in [4.69, 9.17) is 11.6 Å². The zero-order chi connectivity index (χ0) is 22.7. The fourth-order valence-corrected chi connectivity index (χ4v) is 6.10. The first kappa shape index (κ1) is 23.0. The van der Waals surface area contributed by atoms with Crippen LogP contribution >= 0.6 is 11.6 Å². The molecule has 0 bridgehead atoms. The quantitative estimate of drug-likeness (QED) is 0.685. The molecule has 0 aliphatic carbocycles. The van der Waals surface area contributed by atoms with Gasteiger partial charge in [-0.25, -0.2) is 12.8 Å². The van der Waals surface area contributed by atoms with E-state index in [2.05, 4.69) is 10.2 Å². The van der Waals surface area contributed by atoms with Gasteiger partial charge in [0.15, 0.2) is 0 Å². The monoisotopic (exact) mass is 479 g/mol. The lowest BCUT2D eigenvalue weighted by Crippen LogP contribution is -2.41. The van der Waals surface area contributed by atoms with Crippen molar-refractivity contribution in [1.82, 2.24) is 4.31 Å². The number of carbonyl (C=O) groups is 1. The number of nitrogens with zero attached hydrogens (tertiary/aromatic N) is 2. The van der Waals surface area contributed by atoms with Gasteiger partial charge in [-0.05, 0) is 74.6 Å². The van der Waals surface area contributed by atoms with Crippen molar-refractivity contribution in [2.24, 2.45) is 5.92 Å². The molecule has 1 amide bonds. The lowest BCUT2D eigenvalue weighted by Gasteiger charge is -2.31. The molecule has 2 aromatic carbocycles. The highest BCUT2D eigenvalue weighted by Gasteiger charge is 2.32. The highest BCUT2D eigenvalue weighted by molar-refractivity contribution is 7.89. The third-order valence-electron chi connectivity index (χ3n) is 6.19. The Hall–Kier alpha value is -2.16. The highest BCUT2D eigenvalue weighted by Crippen LogP contribution is 2.31. The summed E-state index contributed by atoms with van der Waals surface area (Å²) in [5, 5.41) is 3.54. The first-order chi connectivity index (χ1) is 15.3. The summed E-state index contributed by atoms with van der Waals surface area (Å²) in [5.74, 6) is -0.899. The average molecular weight is 480 g/mol. The molecule has 2 aromatic rings. The van der Waals surface area contributed by atoms with Crippen molar-refractivity contribution in [1.29, 1.82) is 0 Å². The van der Waals surface area contributed by atoms with Gasteiger partial charge in [-0.2, -0.15) is 4.31 Å². The molecule has 6 nitrogen and oxygen atoms in total. The van der Waals surface area contributed by atoms with Gasteiger partial charge in [0.05, 0.1) is 15.6 Å². The minimum atomic E-state index is -3.70. The van der Waals surface area contributed by atoms with Crippen LogP contribution < -0.4 is 10.2 Å². The fraction of sp³-hybridized carbons (Fsp3) is 0.435. The Bertz CT molecular complexity index is 1060. The maximum absolute atomic E-state index is 13.1. The Kier molecular flexibility index (Phi) is 7.02. The lowest BCUT2D eigenvalue weighted by molar-refractivity contribution is -0.120. The van der Waals surface area contributed by atoms with E-state index >= 15 is 0 Å². The van der Waals surface area contributed by atoms with Crippen molar-refractivity contribution in [3.8, 4) is 0 Å². The summed E-state index contributed by atoms with van der Waals surface area (Å²) >= 11 is 6.48. The van der Waals surface area contributed by atoms with E-state index in [9.17, 15) is 17.6 Å². The van der Waals surface area contributed by atoms with E-state index in [0.29, 0.717) is 23.6 Å². The fourth-order valence-electron chi connectivity index (χ4n) is 4.33. The average Bonchev–Trinajstić information content (AvgIpc) is 2.80. The lowest BCUT2D eigenvalue weighted by atomic mass is 9.97. The zero-order valence-electron chi connectivity index (χ0n) is 17.8. The third-order valence-corrected chi connectivity index (χ3v) is 8.40. The minimum absolute atomic E-state index is 0.0604. The molecular weight excluding hydrogens is 453 g/mol. The van der Waals surface area contributed by atoms with Crippen molar-refractivity contribution in [2.45, 2.75) is 37.0 Å². The molecule has 0 aromatic heterocycles. The van der Waals surface area contributed by atoms with E-state index < -0.39 is 15.8 Å². The second-order valence-electron chi connectivity index (χ2n) is 8.34. The molecule has 0 radical (unpaired) electrons. The number of anilines is 2. The number of benzene rings is 2. The second-order valence-corrected chi connectivity index (χ2v) is 10.7. The van der Waals surface area contributed by atoms with E-state index in [0.717, 1.165) is 43.8 Å². The van der Waals surface area contributed by atoms with Crippen molar-refractivity contribution in [3.63, 3.8) is 0 Å². The molecule has 2 aliphatic rings. The van der Waals surface area contributed by atoms with Gasteiger partial charge in [0, 0.05) is 37.8 Å². The molecule has 2 saturated heterocycles. The van der Waals surface area contributed by atoms with Crippen LogP contribution in [0.4, 0.5) is 15.8 Å². The van der Waals surface area contributed by atoms with Crippen molar-refractivity contribution >= 4 is 38.9 Å². The topological polar surface area (TPSA) is 69.7 Å². The summed E-state index contributed by atoms with van der Waals surface area (Å²) in [5.41, 5.74) is 1.63. The molecule has 2 fully saturated rings. The summed E-state index contributed by atoms with van der Waals surface area (Å²) < 4.78 is 40.0. The molecule has 0 spiro atoms. The van der Waals surface area contributed by atoms with Gasteiger partial charge >= 0.3 is 0 Å². The first-order valence-electron chi connectivity index (χ1n) is 11.0. The normalized spacial score (nSPS) is 18.5. The van der Waals surface area contributed by atoms with Gasteiger partial charge in [-0.15, -0.1) is 0 Å². The summed E-state index contributed by atoms with van der Waals surface area (Å²) in [6.45, 7) is 2.47. The number of halogens is 2. The van der Waals surface area contributed by atoms with Crippen LogP contribution in [0.2, 0.25) is 5.02 Å². The van der Waals surface area contributed by atoms with Gasteiger partial charge in [0.25, 0.3) is 0 Å². The smallest absolute Gasteiger partial charge is 0.243 e. The molecule has 4 rings (SSSR count). The molecule has 0 atom stereocenters. The Morgan fingerprint density at radius 3 is 2.25 bits per heavy atom. The number of amides is 1. The van der Waals surface area contributed by atoms with Gasteiger partial charge < -0.3 is 10.2 Å². The van der Waals surface area contributed by atoms with Crippen molar-refractivity contribution < 1.29 is 17.6 Å². The number of sulfonamides is 1. The number of rotatable bonds is 5. The predicted molar refractivity (Wildman–Crippen MR) is 124 cm³/mol. The molecule has 2 aliphatic heterocycles. The maximum Gasteiger partial charge on any atom is 0.243 e. The highest BCUT2D eigenvalue weighted by atomic mass is 35.5. The maximum atomic E-state index is 13.1. The second kappa shape index (κ2) is 9.77. The zero-order valence-corrected chi connectivity index (χ0v) is 19.3. The van der Waals surface area contributed by atoms with Gasteiger partial charge in [-0.1, -0.05) is 11.6 Å². The minimum Gasteiger partial charge on any atom is -0.370 e. The molecule has 172 valence electrons. The predicted octanol–water partition coefficient (Wildman–Crippen LogP) is 4.51. The van der Waals surface area contributed by atoms with Gasteiger partial charge in [-0.3, -0.25) is 4.79 Å². The number of piperidine rings is 2. The van der Waals surface area contributed by atoms with Crippen molar-refractivity contribution in [2.75, 3.05) is 36.4 Å². The molecule has 1 N–H and O–H groups in total. The van der Waals surface area contributed by atoms with E-state index in [-0.39, 0.29) is 29.8 Å². The molecule has 9 heteroatoms. The van der Waals surface area contributed by atoms with E-state index in [1.165, 1.54) is 22.9 Å². The number of carbonyl (C=O) groups excluding carboxylic acids is 1. The summed E-state index contributed by atoms with van der Waals surface area (Å²) in [4.78, 5) is 15.1. The molecule has 0 unspecified atom stereocenters. The Labute approximate surface area is 193 Å². The number of hydrogen-bond acceptors (Lipinski definition) is 4. The molecule has 2 heterocycles. The van der Waals surface area contributed by atoms with Crippen LogP contribution in [0, 0.1) is 11.7 Å². The number of nitrogens with one attached hydrogen (secondary N) is 1. The van der Waals surface area contributed by atoms with Crippen LogP contribution in [-0.2, 0) is 14.8 Å². The van der Waals surface area contributed by atoms with Crippen LogP contribution in [0.3, 0.4) is 0 Å². The van der Waals surface area contributed by atoms with E-state index in [1.54, 1.807) is 6.07 Å². The molecular formula is C23H27ClFN3O3S. The third kappa shape index (κ3) is 5.08. The van der Waals surface area contributed by atoms with E-state index in [1.807, 2.05) is 12.1 Å².